The quantitative estimate of drug-likeness (QED) is 0.386. The molecule has 0 aliphatic carbocycles. The Hall–Kier alpha value is -0.791. The summed E-state index contributed by atoms with van der Waals surface area (Å²) in [5.74, 6) is 0. The minimum absolute atomic E-state index is 0.868. The van der Waals surface area contributed by atoms with E-state index in [9.17, 15) is 0 Å². The Morgan fingerprint density at radius 2 is 2.00 bits per heavy atom. The van der Waals surface area contributed by atoms with Gasteiger partial charge in [-0.1, -0.05) is 0 Å². The molecular weight excluding hydrogens is 251 g/mol. The molecule has 1 aromatic carbocycles. The van der Waals surface area contributed by atoms with Crippen LogP contribution in [0.15, 0.2) is 29.3 Å². The number of aryl methyl sites for hydroxylation is 1. The molecule has 3 heteroatoms. The Morgan fingerprint density at radius 1 is 1.33 bits per heavy atom. The number of nitrogens with zero attached hydrogens (tertiary/aromatic N) is 1. The molecule has 0 spiro atoms. The van der Waals surface area contributed by atoms with Gasteiger partial charge in [0.25, 0.3) is 0 Å². The molecule has 0 atom stereocenters. The molecule has 81 valence electrons. The number of anilines is 1. The number of nitrogens with one attached hydrogen (secondary N) is 1. The van der Waals surface area contributed by atoms with E-state index in [-0.39, 0.29) is 0 Å². The summed E-state index contributed by atoms with van der Waals surface area (Å²) in [7, 11) is 0. The summed E-state index contributed by atoms with van der Waals surface area (Å²) in [6.07, 6.45) is 2.32. The molecule has 1 radical (unpaired) electrons. The van der Waals surface area contributed by atoms with Gasteiger partial charge in [-0.3, -0.25) is 0 Å². The van der Waals surface area contributed by atoms with Crippen molar-refractivity contribution in [1.82, 2.24) is 0 Å². The second kappa shape index (κ2) is 6.65. The first-order chi connectivity index (χ1) is 7.22. The van der Waals surface area contributed by atoms with Crippen LogP contribution in [0.25, 0.3) is 0 Å². The number of hydrogen-bond donors (Lipinski definition) is 1. The van der Waals surface area contributed by atoms with Crippen LogP contribution in [0.4, 0.5) is 5.69 Å². The third-order valence-corrected chi connectivity index (χ3v) is 2.55. The first kappa shape index (κ1) is 12.3. The van der Waals surface area contributed by atoms with E-state index in [0.717, 1.165) is 23.4 Å². The third kappa shape index (κ3) is 5.01. The second-order valence-corrected chi connectivity index (χ2v) is 4.34. The fraction of sp³-hybridized carbons (Fsp3) is 0.417. The van der Waals surface area contributed by atoms with Gasteiger partial charge in [0, 0.05) is 0 Å². The Balaban J connectivity index is 2.47. The Kier molecular flexibility index (Phi) is 5.44. The van der Waals surface area contributed by atoms with E-state index in [2.05, 4.69) is 64.4 Å². The molecule has 1 rings (SSSR count). The minimum atomic E-state index is 0.868. The molecule has 0 unspecified atom stereocenters. The van der Waals surface area contributed by atoms with Gasteiger partial charge in [-0.25, -0.2) is 0 Å². The van der Waals surface area contributed by atoms with Crippen LogP contribution in [0.5, 0.6) is 0 Å². The van der Waals surface area contributed by atoms with Gasteiger partial charge in [-0.2, -0.15) is 0 Å². The van der Waals surface area contributed by atoms with Crippen molar-refractivity contribution >= 4 is 26.4 Å². The molecule has 0 heterocycles. The van der Waals surface area contributed by atoms with Crippen LogP contribution >= 0.6 is 0 Å². The first-order valence-corrected chi connectivity index (χ1v) is 6.13. The molecule has 0 aromatic heterocycles. The van der Waals surface area contributed by atoms with E-state index >= 15 is 0 Å². The number of benzene rings is 1. The molecule has 0 fully saturated rings. The van der Waals surface area contributed by atoms with Crippen molar-refractivity contribution in [2.24, 2.45) is 4.99 Å². The van der Waals surface area contributed by atoms with Crippen LogP contribution in [0.1, 0.15) is 25.3 Å². The van der Waals surface area contributed by atoms with E-state index in [1.165, 1.54) is 12.0 Å². The zero-order chi connectivity index (χ0) is 11.1. The van der Waals surface area contributed by atoms with Crippen molar-refractivity contribution in [2.75, 3.05) is 11.9 Å². The van der Waals surface area contributed by atoms with Crippen LogP contribution in [0, 0.1) is 6.92 Å². The maximum atomic E-state index is 4.38. The monoisotopic (exact) mass is 269 g/mol. The van der Waals surface area contributed by atoms with Gasteiger partial charge in [-0.05, 0) is 0 Å². The van der Waals surface area contributed by atoms with Crippen LogP contribution in [0.2, 0.25) is 0 Å². The van der Waals surface area contributed by atoms with Gasteiger partial charge in [-0.15, -0.1) is 0 Å². The molecular formula is C12H17N2Se. The zero-order valence-corrected chi connectivity index (χ0v) is 11.0. The SMILES string of the molecule is CCCCN=C([Se])Nc1ccc(C)cc1. The van der Waals surface area contributed by atoms with E-state index in [0.29, 0.717) is 0 Å². The fourth-order valence-electron chi connectivity index (χ4n) is 1.14. The Labute approximate surface area is 100 Å². The predicted octanol–water partition coefficient (Wildman–Crippen LogP) is 2.73. The summed E-state index contributed by atoms with van der Waals surface area (Å²) in [5, 5.41) is 3.22. The number of unbranched alkanes of at least 4 members (excludes halogenated alkanes) is 1. The fourth-order valence-corrected chi connectivity index (χ4v) is 1.58. The van der Waals surface area contributed by atoms with E-state index in [1.54, 1.807) is 0 Å². The average molecular weight is 268 g/mol. The summed E-state index contributed by atoms with van der Waals surface area (Å²) in [6.45, 7) is 5.14. The summed E-state index contributed by atoms with van der Waals surface area (Å²) in [5.41, 5.74) is 2.35. The number of rotatable bonds is 4. The maximum absolute atomic E-state index is 4.38. The standard InChI is InChI=1S/C12H17N2Se/c1-3-4-9-13-12(15)14-11-7-5-10(2)6-8-11/h5-8H,3-4,9H2,1-2H3,(H,13,14). The average Bonchev–Trinajstić information content (AvgIpc) is 2.22. The van der Waals surface area contributed by atoms with Gasteiger partial charge in [0.2, 0.25) is 0 Å². The topological polar surface area (TPSA) is 24.4 Å². The van der Waals surface area contributed by atoms with Crippen molar-refractivity contribution < 1.29 is 0 Å². The third-order valence-electron chi connectivity index (χ3n) is 2.07. The molecule has 1 N–H and O–H groups in total. The van der Waals surface area contributed by atoms with Gasteiger partial charge in [0.1, 0.15) is 0 Å². The van der Waals surface area contributed by atoms with Crippen molar-refractivity contribution in [3.05, 3.63) is 29.8 Å². The van der Waals surface area contributed by atoms with Crippen LogP contribution in [-0.2, 0) is 0 Å². The van der Waals surface area contributed by atoms with Crippen molar-refractivity contribution in [3.63, 3.8) is 0 Å². The van der Waals surface area contributed by atoms with E-state index in [1.807, 2.05) is 0 Å². The summed E-state index contributed by atoms with van der Waals surface area (Å²) in [6, 6.07) is 8.29. The van der Waals surface area contributed by atoms with Gasteiger partial charge >= 0.3 is 99.8 Å². The second-order valence-electron chi connectivity index (χ2n) is 3.53. The van der Waals surface area contributed by atoms with Crippen molar-refractivity contribution in [1.29, 1.82) is 0 Å². The Morgan fingerprint density at radius 3 is 2.60 bits per heavy atom. The molecule has 0 aliphatic rings. The van der Waals surface area contributed by atoms with Crippen LogP contribution in [0.3, 0.4) is 0 Å². The van der Waals surface area contributed by atoms with E-state index < -0.39 is 0 Å². The molecule has 15 heavy (non-hydrogen) atoms. The van der Waals surface area contributed by atoms with Gasteiger partial charge < -0.3 is 0 Å². The summed E-state index contributed by atoms with van der Waals surface area (Å²) < 4.78 is 0.868. The van der Waals surface area contributed by atoms with Crippen LogP contribution in [-0.4, -0.2) is 27.3 Å². The zero-order valence-electron chi connectivity index (χ0n) is 9.29. The van der Waals surface area contributed by atoms with Gasteiger partial charge in [0.15, 0.2) is 0 Å². The van der Waals surface area contributed by atoms with Crippen molar-refractivity contribution in [3.8, 4) is 0 Å². The van der Waals surface area contributed by atoms with Gasteiger partial charge in [0.05, 0.1) is 0 Å². The first-order valence-electron chi connectivity index (χ1n) is 5.27. The number of amidine groups is 1. The number of aliphatic imine (C=N–C) groups is 1. The number of hydrogen-bond acceptors (Lipinski definition) is 1. The normalized spacial score (nSPS) is 11.5. The van der Waals surface area contributed by atoms with Crippen LogP contribution < -0.4 is 5.32 Å². The van der Waals surface area contributed by atoms with E-state index in [4.69, 9.17) is 0 Å². The van der Waals surface area contributed by atoms with Crippen molar-refractivity contribution in [2.45, 2.75) is 26.7 Å². The summed E-state index contributed by atoms with van der Waals surface area (Å²) >= 11 is 2.94. The molecule has 2 nitrogen and oxygen atoms in total. The molecule has 1 aromatic rings. The molecule has 0 aliphatic heterocycles. The molecule has 0 saturated carbocycles. The summed E-state index contributed by atoms with van der Waals surface area (Å²) in [4.78, 5) is 4.38. The Bertz CT molecular complexity index is 317. The molecule has 0 bridgehead atoms. The molecule has 0 saturated heterocycles. The predicted molar refractivity (Wildman–Crippen MR) is 67.8 cm³/mol. The molecule has 0 amide bonds.